The van der Waals surface area contributed by atoms with Crippen LogP contribution in [0.15, 0.2) is 60.1 Å². The van der Waals surface area contributed by atoms with Crippen molar-refractivity contribution >= 4 is 23.1 Å². The fourth-order valence-corrected chi connectivity index (χ4v) is 4.99. The molecule has 31 heavy (non-hydrogen) atoms. The van der Waals surface area contributed by atoms with Crippen molar-refractivity contribution < 1.29 is 4.79 Å². The number of benzene rings is 1. The van der Waals surface area contributed by atoms with Gasteiger partial charge in [-0.3, -0.25) is 9.69 Å². The highest BCUT2D eigenvalue weighted by Crippen LogP contribution is 2.27. The number of amides is 1. The minimum atomic E-state index is -0.121. The van der Waals surface area contributed by atoms with Crippen LogP contribution in [0.5, 0.6) is 0 Å². The van der Waals surface area contributed by atoms with Crippen molar-refractivity contribution in [1.29, 1.82) is 0 Å². The Labute approximate surface area is 187 Å². The van der Waals surface area contributed by atoms with Gasteiger partial charge in [0.2, 0.25) is 5.91 Å². The van der Waals surface area contributed by atoms with Gasteiger partial charge in [-0.15, -0.1) is 16.4 Å². The van der Waals surface area contributed by atoms with Gasteiger partial charge in [0, 0.05) is 30.2 Å². The Morgan fingerprint density at radius 1 is 1.26 bits per heavy atom. The number of likely N-dealkylation sites (N-methyl/N-ethyl adjacent to an activating group) is 1. The average molecular weight is 436 g/mol. The highest BCUT2D eigenvalue weighted by molar-refractivity contribution is 7.10. The molecule has 1 aliphatic rings. The third kappa shape index (κ3) is 5.48. The maximum atomic E-state index is 12.9. The van der Waals surface area contributed by atoms with Gasteiger partial charge in [-0.05, 0) is 56.0 Å². The molecule has 6 nitrogen and oxygen atoms in total. The van der Waals surface area contributed by atoms with Gasteiger partial charge in [0.1, 0.15) is 0 Å². The molecule has 0 spiro atoms. The minimum absolute atomic E-state index is 0.0329. The summed E-state index contributed by atoms with van der Waals surface area (Å²) < 4.78 is 0. The number of carbonyl (C=O) groups excluding carboxylic acids is 1. The van der Waals surface area contributed by atoms with Crippen LogP contribution in [0.1, 0.15) is 34.9 Å². The van der Waals surface area contributed by atoms with Crippen LogP contribution in [-0.4, -0.2) is 53.7 Å². The second-order valence-corrected chi connectivity index (χ2v) is 9.17. The van der Waals surface area contributed by atoms with Crippen LogP contribution < -0.4 is 10.2 Å². The molecular formula is C24H29N5OS. The van der Waals surface area contributed by atoms with Crippen molar-refractivity contribution in [3.8, 4) is 0 Å². The molecule has 0 radical (unpaired) electrons. The third-order valence-electron chi connectivity index (χ3n) is 5.71. The highest BCUT2D eigenvalue weighted by Gasteiger charge is 2.27. The lowest BCUT2D eigenvalue weighted by molar-refractivity contribution is -0.122. The zero-order valence-electron chi connectivity index (χ0n) is 18.1. The van der Waals surface area contributed by atoms with E-state index < -0.39 is 0 Å². The number of aryl methyl sites for hydroxylation is 1. The fraction of sp³-hybridized carbons (Fsp3) is 0.375. The summed E-state index contributed by atoms with van der Waals surface area (Å²) in [5.74, 6) is 0.950. The summed E-state index contributed by atoms with van der Waals surface area (Å²) in [4.78, 5) is 18.5. The Bertz CT molecular complexity index is 961. The number of rotatable bonds is 8. The summed E-state index contributed by atoms with van der Waals surface area (Å²) in [7, 11) is 2.01. The van der Waals surface area contributed by atoms with Crippen LogP contribution in [-0.2, 0) is 4.79 Å². The molecule has 1 aromatic carbocycles. The number of nitrogens with zero attached hydrogens (tertiary/aromatic N) is 4. The molecule has 1 aliphatic heterocycles. The van der Waals surface area contributed by atoms with E-state index in [0.29, 0.717) is 12.6 Å². The molecule has 1 saturated heterocycles. The van der Waals surface area contributed by atoms with E-state index in [1.165, 1.54) is 5.56 Å². The van der Waals surface area contributed by atoms with Crippen molar-refractivity contribution in [3.05, 3.63) is 76.1 Å². The van der Waals surface area contributed by atoms with Gasteiger partial charge in [0.15, 0.2) is 5.82 Å². The van der Waals surface area contributed by atoms with E-state index in [9.17, 15) is 4.79 Å². The van der Waals surface area contributed by atoms with E-state index in [1.807, 2.05) is 25.2 Å². The first-order chi connectivity index (χ1) is 15.1. The Balaban J connectivity index is 1.38. The van der Waals surface area contributed by atoms with Crippen LogP contribution in [0.4, 0.5) is 5.82 Å². The predicted octanol–water partition coefficient (Wildman–Crippen LogP) is 3.65. The van der Waals surface area contributed by atoms with Gasteiger partial charge in [-0.2, -0.15) is 5.10 Å². The molecule has 3 heterocycles. The standard InChI is InChI=1S/C24H29N5OS/c1-18-9-11-19(12-10-18)24(21-7-5-15-31-21)26-23(30)17-28(2)16-20-6-4-14-29(20)22-8-3-13-25-27-22/h3,5,7-13,15,20,24H,4,6,14,16-17H2,1-2H3,(H,26,30). The Kier molecular flexibility index (Phi) is 6.94. The SMILES string of the molecule is Cc1ccc(C(NC(=O)CN(C)CC2CCCN2c2cccnn2)c2cccs2)cc1. The van der Waals surface area contributed by atoms with Crippen LogP contribution in [0.25, 0.3) is 0 Å². The molecule has 1 N–H and O–H groups in total. The van der Waals surface area contributed by atoms with E-state index in [-0.39, 0.29) is 11.9 Å². The van der Waals surface area contributed by atoms with E-state index in [1.54, 1.807) is 17.5 Å². The average Bonchev–Trinajstić information content (AvgIpc) is 3.46. The molecule has 2 atom stereocenters. The molecule has 1 amide bonds. The molecule has 4 rings (SSSR count). The van der Waals surface area contributed by atoms with E-state index in [0.717, 1.165) is 42.2 Å². The molecule has 0 aliphatic carbocycles. The van der Waals surface area contributed by atoms with Crippen LogP contribution in [0, 0.1) is 6.92 Å². The summed E-state index contributed by atoms with van der Waals surface area (Å²) in [6.45, 7) is 4.23. The maximum Gasteiger partial charge on any atom is 0.234 e. The van der Waals surface area contributed by atoms with Crippen molar-refractivity contribution in [2.45, 2.75) is 31.8 Å². The van der Waals surface area contributed by atoms with Crippen LogP contribution in [0.2, 0.25) is 0 Å². The van der Waals surface area contributed by atoms with Crippen molar-refractivity contribution in [2.24, 2.45) is 0 Å². The number of thiophene rings is 1. The van der Waals surface area contributed by atoms with E-state index in [4.69, 9.17) is 0 Å². The van der Waals surface area contributed by atoms with Crippen molar-refractivity contribution in [3.63, 3.8) is 0 Å². The second kappa shape index (κ2) is 10.0. The lowest BCUT2D eigenvalue weighted by atomic mass is 10.0. The quantitative estimate of drug-likeness (QED) is 0.585. The van der Waals surface area contributed by atoms with Gasteiger partial charge < -0.3 is 10.2 Å². The number of carbonyl (C=O) groups is 1. The topological polar surface area (TPSA) is 61.4 Å². The summed E-state index contributed by atoms with van der Waals surface area (Å²) >= 11 is 1.67. The van der Waals surface area contributed by atoms with E-state index >= 15 is 0 Å². The normalized spacial score (nSPS) is 17.1. The van der Waals surface area contributed by atoms with Gasteiger partial charge >= 0.3 is 0 Å². The predicted molar refractivity (Wildman–Crippen MR) is 125 cm³/mol. The van der Waals surface area contributed by atoms with E-state index in [2.05, 4.69) is 67.9 Å². The third-order valence-corrected chi connectivity index (χ3v) is 6.65. The monoisotopic (exact) mass is 435 g/mol. The number of hydrogen-bond acceptors (Lipinski definition) is 6. The fourth-order valence-electron chi connectivity index (χ4n) is 4.18. The number of hydrogen-bond donors (Lipinski definition) is 1. The van der Waals surface area contributed by atoms with Crippen molar-refractivity contribution in [2.75, 3.05) is 31.6 Å². The van der Waals surface area contributed by atoms with Gasteiger partial charge in [-0.25, -0.2) is 0 Å². The zero-order valence-corrected chi connectivity index (χ0v) is 18.9. The van der Waals surface area contributed by atoms with Crippen LogP contribution >= 0.6 is 11.3 Å². The molecule has 3 aromatic rings. The lowest BCUT2D eigenvalue weighted by Crippen LogP contribution is -2.43. The Hall–Kier alpha value is -2.77. The first-order valence-corrected chi connectivity index (χ1v) is 11.6. The second-order valence-electron chi connectivity index (χ2n) is 8.19. The molecule has 0 bridgehead atoms. The number of aromatic nitrogens is 2. The minimum Gasteiger partial charge on any atom is -0.351 e. The van der Waals surface area contributed by atoms with Gasteiger partial charge in [0.25, 0.3) is 0 Å². The molecule has 7 heteroatoms. The molecule has 162 valence electrons. The highest BCUT2D eigenvalue weighted by atomic mass is 32.1. The van der Waals surface area contributed by atoms with Gasteiger partial charge in [-0.1, -0.05) is 35.9 Å². The Morgan fingerprint density at radius 3 is 2.81 bits per heavy atom. The largest absolute Gasteiger partial charge is 0.351 e. The molecule has 0 saturated carbocycles. The smallest absolute Gasteiger partial charge is 0.234 e. The summed E-state index contributed by atoms with van der Waals surface area (Å²) in [5.41, 5.74) is 2.32. The lowest BCUT2D eigenvalue weighted by Gasteiger charge is -2.29. The molecule has 2 aromatic heterocycles. The first-order valence-electron chi connectivity index (χ1n) is 10.7. The van der Waals surface area contributed by atoms with Crippen LogP contribution in [0.3, 0.4) is 0 Å². The Morgan fingerprint density at radius 2 is 2.10 bits per heavy atom. The maximum absolute atomic E-state index is 12.9. The van der Waals surface area contributed by atoms with Gasteiger partial charge in [0.05, 0.1) is 12.6 Å². The molecular weight excluding hydrogens is 406 g/mol. The van der Waals surface area contributed by atoms with Crippen molar-refractivity contribution in [1.82, 2.24) is 20.4 Å². The summed E-state index contributed by atoms with van der Waals surface area (Å²) in [6, 6.07) is 16.6. The summed E-state index contributed by atoms with van der Waals surface area (Å²) in [6.07, 6.45) is 3.93. The number of anilines is 1. The molecule has 1 fully saturated rings. The summed E-state index contributed by atoms with van der Waals surface area (Å²) in [5, 5.41) is 13.6. The number of nitrogens with one attached hydrogen (secondary N) is 1. The first kappa shape index (κ1) is 21.5. The molecule has 2 unspecified atom stereocenters. The zero-order chi connectivity index (χ0) is 21.6.